The summed E-state index contributed by atoms with van der Waals surface area (Å²) >= 11 is 20.2. The summed E-state index contributed by atoms with van der Waals surface area (Å²) in [6.07, 6.45) is 0. The first kappa shape index (κ1) is 16.9. The minimum Gasteiger partial charge on any atom is -0.337 e. The van der Waals surface area contributed by atoms with Crippen molar-refractivity contribution in [1.29, 1.82) is 0 Å². The molecule has 0 heterocycles. The van der Waals surface area contributed by atoms with Crippen LogP contribution >= 0.6 is 57.4 Å². The number of carbonyl (C=O) groups excluding carboxylic acids is 1. The van der Waals surface area contributed by atoms with Crippen LogP contribution in [0, 0.1) is 3.57 Å². The number of hydrogen-bond acceptors (Lipinski definition) is 1. The number of halogens is 4. The summed E-state index contributed by atoms with van der Waals surface area (Å²) in [4.78, 5) is 14.1. The molecular weight excluding hydrogens is 443 g/mol. The van der Waals surface area contributed by atoms with Gasteiger partial charge < -0.3 is 4.90 Å². The second-order valence-electron chi connectivity index (χ2n) is 4.50. The molecule has 2 nitrogen and oxygen atoms in total. The summed E-state index contributed by atoms with van der Waals surface area (Å²) in [6.45, 7) is 0.376. The SMILES string of the molecule is CN(Cc1cccc(Cl)c1Cl)C(=O)c1cc(Cl)ccc1I. The minimum absolute atomic E-state index is 0.113. The highest BCUT2D eigenvalue weighted by Crippen LogP contribution is 2.27. The third kappa shape index (κ3) is 4.03. The zero-order valence-electron chi connectivity index (χ0n) is 11.0. The van der Waals surface area contributed by atoms with E-state index >= 15 is 0 Å². The Hall–Kier alpha value is -0.490. The Morgan fingerprint density at radius 3 is 2.62 bits per heavy atom. The second-order valence-corrected chi connectivity index (χ2v) is 6.88. The summed E-state index contributed by atoms with van der Waals surface area (Å²) in [6, 6.07) is 10.6. The number of carbonyl (C=O) groups is 1. The predicted molar refractivity (Wildman–Crippen MR) is 96.4 cm³/mol. The van der Waals surface area contributed by atoms with Gasteiger partial charge in [-0.1, -0.05) is 46.9 Å². The van der Waals surface area contributed by atoms with Gasteiger partial charge in [0.15, 0.2) is 0 Å². The topological polar surface area (TPSA) is 20.3 Å². The van der Waals surface area contributed by atoms with Gasteiger partial charge in [-0.05, 0) is 52.4 Å². The van der Waals surface area contributed by atoms with Crippen LogP contribution in [0.15, 0.2) is 36.4 Å². The molecule has 0 aromatic heterocycles. The summed E-state index contributed by atoms with van der Waals surface area (Å²) in [5, 5.41) is 1.49. The van der Waals surface area contributed by atoms with E-state index in [4.69, 9.17) is 34.8 Å². The molecule has 110 valence electrons. The molecule has 2 rings (SSSR count). The van der Waals surface area contributed by atoms with Crippen molar-refractivity contribution in [3.8, 4) is 0 Å². The maximum atomic E-state index is 12.5. The lowest BCUT2D eigenvalue weighted by atomic mass is 10.1. The first-order valence-corrected chi connectivity index (χ1v) is 8.25. The predicted octanol–water partition coefficient (Wildman–Crippen LogP) is 5.52. The molecule has 1 amide bonds. The van der Waals surface area contributed by atoms with Crippen LogP contribution in [0.5, 0.6) is 0 Å². The van der Waals surface area contributed by atoms with Gasteiger partial charge >= 0.3 is 0 Å². The van der Waals surface area contributed by atoms with E-state index in [0.29, 0.717) is 27.2 Å². The number of hydrogen-bond donors (Lipinski definition) is 0. The molecule has 0 aliphatic carbocycles. The van der Waals surface area contributed by atoms with Gasteiger partial charge in [-0.2, -0.15) is 0 Å². The molecular formula is C15H11Cl3INO. The first-order chi connectivity index (χ1) is 9.90. The van der Waals surface area contributed by atoms with Crippen LogP contribution in [-0.2, 0) is 6.54 Å². The van der Waals surface area contributed by atoms with Crippen molar-refractivity contribution < 1.29 is 4.79 Å². The van der Waals surface area contributed by atoms with Crippen LogP contribution in [0.25, 0.3) is 0 Å². The first-order valence-electron chi connectivity index (χ1n) is 6.03. The van der Waals surface area contributed by atoms with E-state index in [9.17, 15) is 4.79 Å². The quantitative estimate of drug-likeness (QED) is 0.559. The Balaban J connectivity index is 2.24. The van der Waals surface area contributed by atoms with Crippen molar-refractivity contribution in [1.82, 2.24) is 4.90 Å². The molecule has 0 saturated heterocycles. The fraction of sp³-hybridized carbons (Fsp3) is 0.133. The molecule has 2 aromatic rings. The molecule has 0 unspecified atom stereocenters. The van der Waals surface area contributed by atoms with E-state index in [1.807, 2.05) is 18.2 Å². The monoisotopic (exact) mass is 453 g/mol. The second kappa shape index (κ2) is 7.18. The maximum Gasteiger partial charge on any atom is 0.255 e. The molecule has 6 heteroatoms. The number of benzene rings is 2. The molecule has 2 aromatic carbocycles. The van der Waals surface area contributed by atoms with Crippen LogP contribution in [0.3, 0.4) is 0 Å². The van der Waals surface area contributed by atoms with Crippen molar-refractivity contribution >= 4 is 63.3 Å². The Bertz CT molecular complexity index is 691. The lowest BCUT2D eigenvalue weighted by Crippen LogP contribution is -2.27. The van der Waals surface area contributed by atoms with Crippen LogP contribution < -0.4 is 0 Å². The third-order valence-corrected chi connectivity index (χ3v) is 4.98. The van der Waals surface area contributed by atoms with Crippen LogP contribution in [0.2, 0.25) is 15.1 Å². The fourth-order valence-electron chi connectivity index (χ4n) is 1.86. The maximum absolute atomic E-state index is 12.5. The Morgan fingerprint density at radius 2 is 1.90 bits per heavy atom. The number of amides is 1. The van der Waals surface area contributed by atoms with Crippen molar-refractivity contribution in [2.24, 2.45) is 0 Å². The largest absolute Gasteiger partial charge is 0.337 e. The molecule has 21 heavy (non-hydrogen) atoms. The fourth-order valence-corrected chi connectivity index (χ4v) is 2.98. The highest BCUT2D eigenvalue weighted by atomic mass is 127. The number of nitrogens with zero attached hydrogens (tertiary/aromatic N) is 1. The van der Waals surface area contributed by atoms with Gasteiger partial charge in [-0.3, -0.25) is 4.79 Å². The molecule has 0 N–H and O–H groups in total. The van der Waals surface area contributed by atoms with Crippen molar-refractivity contribution in [3.05, 3.63) is 66.2 Å². The summed E-state index contributed by atoms with van der Waals surface area (Å²) in [7, 11) is 1.72. The summed E-state index contributed by atoms with van der Waals surface area (Å²) in [5.74, 6) is -0.113. The smallest absolute Gasteiger partial charge is 0.255 e. The van der Waals surface area contributed by atoms with Gasteiger partial charge in [0.05, 0.1) is 15.6 Å². The highest BCUT2D eigenvalue weighted by Gasteiger charge is 2.17. The zero-order valence-corrected chi connectivity index (χ0v) is 15.5. The molecule has 0 spiro atoms. The molecule has 0 bridgehead atoms. The van der Waals surface area contributed by atoms with E-state index < -0.39 is 0 Å². The molecule has 0 atom stereocenters. The summed E-state index contributed by atoms with van der Waals surface area (Å²) < 4.78 is 0.853. The van der Waals surface area contributed by atoms with E-state index in [1.165, 1.54) is 0 Å². The van der Waals surface area contributed by atoms with E-state index in [-0.39, 0.29) is 5.91 Å². The Kier molecular flexibility index (Phi) is 5.77. The Labute approximate surface area is 152 Å². The van der Waals surface area contributed by atoms with Gasteiger partial charge in [0.25, 0.3) is 5.91 Å². The van der Waals surface area contributed by atoms with Crippen LogP contribution in [0.4, 0.5) is 0 Å². The van der Waals surface area contributed by atoms with Gasteiger partial charge in [0, 0.05) is 22.2 Å². The van der Waals surface area contributed by atoms with Gasteiger partial charge in [-0.15, -0.1) is 0 Å². The van der Waals surface area contributed by atoms with Crippen molar-refractivity contribution in [2.45, 2.75) is 6.54 Å². The molecule has 0 saturated carbocycles. The Morgan fingerprint density at radius 1 is 1.19 bits per heavy atom. The van der Waals surface area contributed by atoms with Crippen molar-refractivity contribution in [3.63, 3.8) is 0 Å². The van der Waals surface area contributed by atoms with Crippen molar-refractivity contribution in [2.75, 3.05) is 7.05 Å². The van der Waals surface area contributed by atoms with Gasteiger partial charge in [0.1, 0.15) is 0 Å². The summed E-state index contributed by atoms with van der Waals surface area (Å²) in [5.41, 5.74) is 1.38. The van der Waals surface area contributed by atoms with E-state index in [0.717, 1.165) is 9.13 Å². The molecule has 0 aliphatic heterocycles. The van der Waals surface area contributed by atoms with Gasteiger partial charge in [0.2, 0.25) is 0 Å². The average Bonchev–Trinajstić information content (AvgIpc) is 2.45. The normalized spacial score (nSPS) is 10.5. The van der Waals surface area contributed by atoms with E-state index in [2.05, 4.69) is 22.6 Å². The zero-order chi connectivity index (χ0) is 15.6. The average molecular weight is 455 g/mol. The minimum atomic E-state index is -0.113. The highest BCUT2D eigenvalue weighted by molar-refractivity contribution is 14.1. The van der Waals surface area contributed by atoms with Gasteiger partial charge in [-0.25, -0.2) is 0 Å². The van der Waals surface area contributed by atoms with E-state index in [1.54, 1.807) is 30.1 Å². The molecule has 0 aliphatic rings. The van der Waals surface area contributed by atoms with Crippen LogP contribution in [0.1, 0.15) is 15.9 Å². The third-order valence-electron chi connectivity index (χ3n) is 2.94. The molecule has 0 fully saturated rings. The lowest BCUT2D eigenvalue weighted by molar-refractivity contribution is 0.0784. The standard InChI is InChI=1S/C15H11Cl3INO/c1-20(8-9-3-2-4-12(17)14(9)18)15(21)11-7-10(16)5-6-13(11)19/h2-7H,8H2,1H3. The lowest BCUT2D eigenvalue weighted by Gasteiger charge is -2.19. The van der Waals surface area contributed by atoms with Crippen LogP contribution in [-0.4, -0.2) is 17.9 Å². The number of rotatable bonds is 3. The molecule has 0 radical (unpaired) electrons.